The lowest BCUT2D eigenvalue weighted by Gasteiger charge is -2.34. The fraction of sp³-hybridized carbons (Fsp3) is 0.556. The molecule has 0 unspecified atom stereocenters. The fourth-order valence-corrected chi connectivity index (χ4v) is 5.03. The number of benzene rings is 1. The van der Waals surface area contributed by atoms with Gasteiger partial charge in [-0.3, -0.25) is 4.79 Å². The topological polar surface area (TPSA) is 113 Å². The van der Waals surface area contributed by atoms with Crippen LogP contribution in [0.4, 0.5) is 0 Å². The number of rotatable bonds is 5. The lowest BCUT2D eigenvalue weighted by Crippen LogP contribution is -2.55. The number of carboxylic acid groups (broad SMARTS) is 1. The number of sulfonamides is 1. The Hall–Kier alpha value is -1.97. The SMILES string of the molecule is O=C(NC1(C(=O)O)CCCCC1)c1cccc(S(=O)(=O)N2CCOCC2)c1. The van der Waals surface area contributed by atoms with Crippen LogP contribution in [0.1, 0.15) is 42.5 Å². The molecular formula is C18H24N2O6S. The Morgan fingerprint density at radius 1 is 1.11 bits per heavy atom. The number of carbonyl (C=O) groups excluding carboxylic acids is 1. The van der Waals surface area contributed by atoms with Gasteiger partial charge in [0.1, 0.15) is 5.54 Å². The standard InChI is InChI=1S/C18H24N2O6S/c21-16(19-18(17(22)23)7-2-1-3-8-18)14-5-4-6-15(13-14)27(24,25)20-9-11-26-12-10-20/h4-6,13H,1-3,7-12H2,(H,19,21)(H,22,23). The number of aliphatic carboxylic acids is 1. The molecule has 1 amide bonds. The van der Waals surface area contributed by atoms with E-state index in [1.807, 2.05) is 0 Å². The van der Waals surface area contributed by atoms with E-state index in [4.69, 9.17) is 4.74 Å². The summed E-state index contributed by atoms with van der Waals surface area (Å²) >= 11 is 0. The first-order chi connectivity index (χ1) is 12.8. The first-order valence-corrected chi connectivity index (χ1v) is 10.5. The van der Waals surface area contributed by atoms with Crippen LogP contribution in [0.3, 0.4) is 0 Å². The van der Waals surface area contributed by atoms with Crippen LogP contribution in [-0.4, -0.2) is 61.5 Å². The Kier molecular flexibility index (Phi) is 5.83. The van der Waals surface area contributed by atoms with Gasteiger partial charge >= 0.3 is 5.97 Å². The largest absolute Gasteiger partial charge is 0.480 e. The Labute approximate surface area is 158 Å². The van der Waals surface area contributed by atoms with Crippen molar-refractivity contribution in [2.75, 3.05) is 26.3 Å². The summed E-state index contributed by atoms with van der Waals surface area (Å²) in [6.45, 7) is 1.20. The summed E-state index contributed by atoms with van der Waals surface area (Å²) in [5, 5.41) is 12.2. The number of carbonyl (C=O) groups is 2. The minimum absolute atomic E-state index is 0.0186. The number of hydrogen-bond acceptors (Lipinski definition) is 5. The molecule has 1 heterocycles. The van der Waals surface area contributed by atoms with E-state index in [2.05, 4.69) is 5.32 Å². The summed E-state index contributed by atoms with van der Waals surface area (Å²) in [5.41, 5.74) is -1.15. The number of amides is 1. The molecule has 1 saturated heterocycles. The second-order valence-corrected chi connectivity index (χ2v) is 8.88. The van der Waals surface area contributed by atoms with Crippen LogP contribution in [0, 0.1) is 0 Å². The third-order valence-corrected chi connectivity index (χ3v) is 7.07. The van der Waals surface area contributed by atoms with Gasteiger partial charge in [-0.1, -0.05) is 25.3 Å². The zero-order valence-corrected chi connectivity index (χ0v) is 15.8. The Balaban J connectivity index is 1.82. The molecule has 9 heteroatoms. The van der Waals surface area contributed by atoms with E-state index in [1.165, 1.54) is 28.6 Å². The molecule has 0 atom stereocenters. The quantitative estimate of drug-likeness (QED) is 0.774. The summed E-state index contributed by atoms with van der Waals surface area (Å²) in [7, 11) is -3.73. The van der Waals surface area contributed by atoms with Crippen LogP contribution in [0.15, 0.2) is 29.2 Å². The molecule has 3 rings (SSSR count). The third-order valence-electron chi connectivity index (χ3n) is 5.17. The van der Waals surface area contributed by atoms with Crippen LogP contribution in [0.5, 0.6) is 0 Å². The highest BCUT2D eigenvalue weighted by Gasteiger charge is 2.41. The molecule has 1 aliphatic carbocycles. The zero-order valence-electron chi connectivity index (χ0n) is 15.0. The normalized spacial score (nSPS) is 20.7. The second kappa shape index (κ2) is 7.95. The van der Waals surface area contributed by atoms with Crippen molar-refractivity contribution < 1.29 is 27.9 Å². The van der Waals surface area contributed by atoms with Crippen molar-refractivity contribution in [1.29, 1.82) is 0 Å². The lowest BCUT2D eigenvalue weighted by molar-refractivity contribution is -0.145. The van der Waals surface area contributed by atoms with Crippen LogP contribution in [0.2, 0.25) is 0 Å². The van der Waals surface area contributed by atoms with Gasteiger partial charge in [-0.2, -0.15) is 4.31 Å². The smallest absolute Gasteiger partial charge is 0.329 e. The van der Waals surface area contributed by atoms with Crippen LogP contribution < -0.4 is 5.32 Å². The van der Waals surface area contributed by atoms with Crippen LogP contribution in [-0.2, 0) is 19.6 Å². The molecule has 2 N–H and O–H groups in total. The van der Waals surface area contributed by atoms with Crippen molar-refractivity contribution in [2.24, 2.45) is 0 Å². The van der Waals surface area contributed by atoms with Gasteiger partial charge in [0.25, 0.3) is 5.91 Å². The van der Waals surface area contributed by atoms with Crippen molar-refractivity contribution >= 4 is 21.9 Å². The van der Waals surface area contributed by atoms with E-state index in [0.717, 1.165) is 19.3 Å². The van der Waals surface area contributed by atoms with Gasteiger partial charge in [0, 0.05) is 18.7 Å². The minimum Gasteiger partial charge on any atom is -0.480 e. The maximum absolute atomic E-state index is 12.8. The Morgan fingerprint density at radius 2 is 1.78 bits per heavy atom. The number of ether oxygens (including phenoxy) is 1. The minimum atomic E-state index is -3.73. The summed E-state index contributed by atoms with van der Waals surface area (Å²) in [6, 6.07) is 5.73. The average Bonchev–Trinajstić information content (AvgIpc) is 2.69. The average molecular weight is 396 g/mol. The molecule has 1 aromatic rings. The molecule has 27 heavy (non-hydrogen) atoms. The van der Waals surface area contributed by atoms with E-state index in [9.17, 15) is 23.1 Å². The number of carboxylic acids is 1. The molecule has 0 spiro atoms. The second-order valence-electron chi connectivity index (χ2n) is 6.95. The van der Waals surface area contributed by atoms with Gasteiger partial charge in [-0.15, -0.1) is 0 Å². The molecular weight excluding hydrogens is 372 g/mol. The van der Waals surface area contributed by atoms with Crippen molar-refractivity contribution in [3.8, 4) is 0 Å². The van der Waals surface area contributed by atoms with Gasteiger partial charge in [0.05, 0.1) is 18.1 Å². The molecule has 148 valence electrons. The first-order valence-electron chi connectivity index (χ1n) is 9.09. The lowest BCUT2D eigenvalue weighted by atomic mass is 9.81. The van der Waals surface area contributed by atoms with E-state index in [-0.39, 0.29) is 23.5 Å². The predicted molar refractivity (Wildman–Crippen MR) is 96.9 cm³/mol. The molecule has 1 aromatic carbocycles. The first kappa shape index (κ1) is 19.8. The number of nitrogens with zero attached hydrogens (tertiary/aromatic N) is 1. The number of hydrogen-bond donors (Lipinski definition) is 2. The van der Waals surface area contributed by atoms with Gasteiger partial charge in [0.2, 0.25) is 10.0 Å². The van der Waals surface area contributed by atoms with E-state index in [0.29, 0.717) is 26.1 Å². The molecule has 1 aliphatic heterocycles. The van der Waals surface area contributed by atoms with Crippen molar-refractivity contribution in [3.05, 3.63) is 29.8 Å². The monoisotopic (exact) mass is 396 g/mol. The van der Waals surface area contributed by atoms with Crippen molar-refractivity contribution in [2.45, 2.75) is 42.5 Å². The van der Waals surface area contributed by atoms with Crippen molar-refractivity contribution in [3.63, 3.8) is 0 Å². The summed E-state index contributed by atoms with van der Waals surface area (Å²) in [5.74, 6) is -1.62. The van der Waals surface area contributed by atoms with Crippen molar-refractivity contribution in [1.82, 2.24) is 9.62 Å². The van der Waals surface area contributed by atoms with Gasteiger partial charge < -0.3 is 15.2 Å². The van der Waals surface area contributed by atoms with E-state index in [1.54, 1.807) is 0 Å². The highest BCUT2D eigenvalue weighted by molar-refractivity contribution is 7.89. The molecule has 0 aromatic heterocycles. The molecule has 2 fully saturated rings. The van der Waals surface area contributed by atoms with Crippen LogP contribution in [0.25, 0.3) is 0 Å². The Bertz CT molecular complexity index is 811. The molecule has 0 bridgehead atoms. The zero-order chi connectivity index (χ0) is 19.5. The maximum atomic E-state index is 12.8. The molecule has 0 radical (unpaired) electrons. The van der Waals surface area contributed by atoms with Gasteiger partial charge in [0.15, 0.2) is 0 Å². The number of nitrogens with one attached hydrogen (secondary N) is 1. The fourth-order valence-electron chi connectivity index (χ4n) is 3.57. The maximum Gasteiger partial charge on any atom is 0.329 e. The summed E-state index contributed by atoms with van der Waals surface area (Å²) < 4.78 is 32.0. The van der Waals surface area contributed by atoms with Crippen LogP contribution >= 0.6 is 0 Å². The highest BCUT2D eigenvalue weighted by Crippen LogP contribution is 2.29. The number of morpholine rings is 1. The van der Waals surface area contributed by atoms with Gasteiger partial charge in [-0.25, -0.2) is 13.2 Å². The highest BCUT2D eigenvalue weighted by atomic mass is 32.2. The molecule has 1 saturated carbocycles. The summed E-state index contributed by atoms with van der Waals surface area (Å²) in [6.07, 6.45) is 3.16. The molecule has 2 aliphatic rings. The molecule has 8 nitrogen and oxygen atoms in total. The van der Waals surface area contributed by atoms with E-state index >= 15 is 0 Å². The summed E-state index contributed by atoms with van der Waals surface area (Å²) in [4.78, 5) is 24.4. The van der Waals surface area contributed by atoms with Gasteiger partial charge in [-0.05, 0) is 31.0 Å². The Morgan fingerprint density at radius 3 is 2.41 bits per heavy atom. The predicted octanol–water partition coefficient (Wildman–Crippen LogP) is 1.22. The third kappa shape index (κ3) is 4.15. The van der Waals surface area contributed by atoms with E-state index < -0.39 is 27.4 Å².